The Labute approximate surface area is 160 Å². The molecule has 0 N–H and O–H groups in total. The Kier molecular flexibility index (Phi) is 9.44. The lowest BCUT2D eigenvalue weighted by atomic mass is 9.73. The van der Waals surface area contributed by atoms with Crippen molar-refractivity contribution in [2.24, 2.45) is 10.8 Å². The van der Waals surface area contributed by atoms with E-state index in [4.69, 9.17) is 4.74 Å². The second-order valence-electron chi connectivity index (χ2n) is 9.05. The van der Waals surface area contributed by atoms with Gasteiger partial charge in [0.2, 0.25) is 0 Å². The van der Waals surface area contributed by atoms with Gasteiger partial charge in [-0.25, -0.2) is 0 Å². The summed E-state index contributed by atoms with van der Waals surface area (Å²) in [6.07, 6.45) is 4.41. The summed E-state index contributed by atoms with van der Waals surface area (Å²) < 4.78 is 5.01. The highest BCUT2D eigenvalue weighted by atomic mass is 16.5. The normalized spacial score (nSPS) is 14.1. The van der Waals surface area contributed by atoms with Crippen LogP contribution in [0.25, 0.3) is 0 Å². The second-order valence-corrected chi connectivity index (χ2v) is 9.05. The molecule has 0 atom stereocenters. The molecular weight excluding hydrogens is 324 g/mol. The lowest BCUT2D eigenvalue weighted by Crippen LogP contribution is -2.27. The van der Waals surface area contributed by atoms with Crippen molar-refractivity contribution in [3.63, 3.8) is 0 Å². The molecule has 0 heterocycles. The predicted octanol–water partition coefficient (Wildman–Crippen LogP) is 5.85. The van der Waals surface area contributed by atoms with E-state index >= 15 is 0 Å². The molecule has 0 rings (SSSR count). The lowest BCUT2D eigenvalue weighted by Gasteiger charge is -2.29. The van der Waals surface area contributed by atoms with Crippen molar-refractivity contribution in [1.82, 2.24) is 0 Å². The van der Waals surface area contributed by atoms with E-state index in [-0.39, 0.29) is 23.6 Å². The van der Waals surface area contributed by atoms with Crippen LogP contribution in [0.2, 0.25) is 0 Å². The van der Waals surface area contributed by atoms with E-state index < -0.39 is 5.41 Å². The number of hydrogen-bond acceptors (Lipinski definition) is 3. The minimum Gasteiger partial charge on any atom is -0.377 e. The summed E-state index contributed by atoms with van der Waals surface area (Å²) in [7, 11) is 1.50. The molecule has 3 heteroatoms. The first kappa shape index (κ1) is 24.5. The molecule has 0 radical (unpaired) electrons. The second kappa shape index (κ2) is 10.0. The number of methoxy groups -OCH3 is 1. The van der Waals surface area contributed by atoms with E-state index in [9.17, 15) is 9.59 Å². The van der Waals surface area contributed by atoms with Gasteiger partial charge in [-0.05, 0) is 49.5 Å². The third-order valence-corrected chi connectivity index (χ3v) is 4.33. The van der Waals surface area contributed by atoms with Gasteiger partial charge >= 0.3 is 0 Å². The number of ether oxygens (including phenoxy) is 1. The van der Waals surface area contributed by atoms with Crippen molar-refractivity contribution >= 4 is 11.6 Å². The van der Waals surface area contributed by atoms with Gasteiger partial charge in [-0.2, -0.15) is 0 Å². The molecule has 0 saturated heterocycles. The molecule has 0 amide bonds. The maximum atomic E-state index is 12.9. The fourth-order valence-corrected chi connectivity index (χ4v) is 3.24. The summed E-state index contributed by atoms with van der Waals surface area (Å²) in [4.78, 5) is 25.4. The Morgan fingerprint density at radius 1 is 1.08 bits per heavy atom. The third-order valence-electron chi connectivity index (χ3n) is 4.33. The first-order chi connectivity index (χ1) is 11.8. The standard InChI is InChI=1S/C23H38O3/c1-11-18(19(24)15-26-10)20(21(25)16(2)3)23(8,9)13-12-17(4)14-22(5,6)7/h12H,2,11,13-15H2,1,3-10H3. The van der Waals surface area contributed by atoms with Gasteiger partial charge in [0, 0.05) is 18.3 Å². The number of ketones is 2. The predicted molar refractivity (Wildman–Crippen MR) is 110 cm³/mol. The van der Waals surface area contributed by atoms with Gasteiger partial charge in [-0.15, -0.1) is 0 Å². The van der Waals surface area contributed by atoms with Gasteiger partial charge in [0.05, 0.1) is 0 Å². The average molecular weight is 363 g/mol. The van der Waals surface area contributed by atoms with Gasteiger partial charge in [-0.1, -0.05) is 59.8 Å². The quantitative estimate of drug-likeness (QED) is 0.361. The Balaban J connectivity index is 6.02. The number of rotatable bonds is 10. The minimum absolute atomic E-state index is 0.00881. The van der Waals surface area contributed by atoms with Crippen molar-refractivity contribution in [3.05, 3.63) is 34.9 Å². The molecule has 0 aliphatic carbocycles. The number of carbonyl (C=O) groups excluding carboxylic acids is 2. The van der Waals surface area contributed by atoms with Gasteiger partial charge < -0.3 is 4.74 Å². The lowest BCUT2D eigenvalue weighted by molar-refractivity contribution is -0.120. The van der Waals surface area contributed by atoms with Crippen LogP contribution in [0.5, 0.6) is 0 Å². The summed E-state index contributed by atoms with van der Waals surface area (Å²) >= 11 is 0. The minimum atomic E-state index is -0.454. The molecule has 0 saturated carbocycles. The average Bonchev–Trinajstić information content (AvgIpc) is 2.48. The van der Waals surface area contributed by atoms with Crippen molar-refractivity contribution in [2.45, 2.75) is 74.7 Å². The maximum Gasteiger partial charge on any atom is 0.185 e. The zero-order valence-electron chi connectivity index (χ0n) is 18.3. The molecule has 26 heavy (non-hydrogen) atoms. The first-order valence-corrected chi connectivity index (χ1v) is 9.38. The molecule has 0 aromatic carbocycles. The van der Waals surface area contributed by atoms with Crippen LogP contribution < -0.4 is 0 Å². The van der Waals surface area contributed by atoms with E-state index in [2.05, 4.69) is 40.3 Å². The zero-order chi connectivity index (χ0) is 20.7. The van der Waals surface area contributed by atoms with E-state index in [1.165, 1.54) is 12.7 Å². The summed E-state index contributed by atoms with van der Waals surface area (Å²) in [5.74, 6) is -0.249. The van der Waals surface area contributed by atoms with Crippen LogP contribution in [0.3, 0.4) is 0 Å². The summed E-state index contributed by atoms with van der Waals surface area (Å²) in [5.41, 5.74) is 2.67. The van der Waals surface area contributed by atoms with Crippen molar-refractivity contribution in [3.8, 4) is 0 Å². The molecule has 0 fully saturated rings. The fourth-order valence-electron chi connectivity index (χ4n) is 3.24. The molecule has 0 aliphatic heterocycles. The molecule has 0 spiro atoms. The fraction of sp³-hybridized carbons (Fsp3) is 0.652. The largest absolute Gasteiger partial charge is 0.377 e. The molecule has 0 aliphatic rings. The Hall–Kier alpha value is -1.48. The van der Waals surface area contributed by atoms with Gasteiger partial charge in [0.15, 0.2) is 11.6 Å². The Morgan fingerprint density at radius 2 is 1.62 bits per heavy atom. The highest BCUT2D eigenvalue weighted by Crippen LogP contribution is 2.37. The SMILES string of the molecule is C=C(C)C(=O)C(=C(CC)C(=O)COC)C(C)(C)CC=C(C)CC(C)(C)C. The first-order valence-electron chi connectivity index (χ1n) is 9.38. The van der Waals surface area contributed by atoms with Gasteiger partial charge in [-0.3, -0.25) is 9.59 Å². The smallest absolute Gasteiger partial charge is 0.185 e. The van der Waals surface area contributed by atoms with Crippen LogP contribution in [0.15, 0.2) is 34.9 Å². The van der Waals surface area contributed by atoms with Crippen LogP contribution in [0.4, 0.5) is 0 Å². The van der Waals surface area contributed by atoms with E-state index in [1.807, 2.05) is 20.8 Å². The molecule has 148 valence electrons. The van der Waals surface area contributed by atoms with Gasteiger partial charge in [0.25, 0.3) is 0 Å². The number of hydrogen-bond donors (Lipinski definition) is 0. The molecule has 0 unspecified atom stereocenters. The van der Waals surface area contributed by atoms with Crippen LogP contribution in [-0.4, -0.2) is 25.3 Å². The van der Waals surface area contributed by atoms with E-state index in [0.29, 0.717) is 29.6 Å². The molecule has 0 aromatic rings. The summed E-state index contributed by atoms with van der Waals surface area (Å²) in [6, 6.07) is 0. The highest BCUT2D eigenvalue weighted by Gasteiger charge is 2.32. The van der Waals surface area contributed by atoms with Crippen LogP contribution in [-0.2, 0) is 14.3 Å². The van der Waals surface area contributed by atoms with Crippen LogP contribution in [0, 0.1) is 10.8 Å². The summed E-state index contributed by atoms with van der Waals surface area (Å²) in [5, 5.41) is 0. The highest BCUT2D eigenvalue weighted by molar-refractivity contribution is 6.14. The van der Waals surface area contributed by atoms with Gasteiger partial charge in [0.1, 0.15) is 6.61 Å². The van der Waals surface area contributed by atoms with Crippen LogP contribution in [0.1, 0.15) is 74.7 Å². The molecule has 0 bridgehead atoms. The van der Waals surface area contributed by atoms with E-state index in [0.717, 1.165) is 6.42 Å². The van der Waals surface area contributed by atoms with Crippen molar-refractivity contribution in [2.75, 3.05) is 13.7 Å². The monoisotopic (exact) mass is 362 g/mol. The molecule has 0 aromatic heterocycles. The Morgan fingerprint density at radius 3 is 2.00 bits per heavy atom. The topological polar surface area (TPSA) is 43.4 Å². The summed E-state index contributed by atoms with van der Waals surface area (Å²) in [6.45, 7) is 20.2. The third kappa shape index (κ3) is 7.82. The van der Waals surface area contributed by atoms with E-state index in [1.54, 1.807) is 6.92 Å². The molecule has 3 nitrogen and oxygen atoms in total. The van der Waals surface area contributed by atoms with Crippen molar-refractivity contribution in [1.29, 1.82) is 0 Å². The Bertz CT molecular complexity index is 595. The van der Waals surface area contributed by atoms with Crippen molar-refractivity contribution < 1.29 is 14.3 Å². The number of Topliss-reactive ketones (excluding diaryl/α,β-unsaturated/α-hetero) is 2. The zero-order valence-corrected chi connectivity index (χ0v) is 18.3. The number of carbonyl (C=O) groups is 2. The maximum absolute atomic E-state index is 12.9. The van der Waals surface area contributed by atoms with Crippen LogP contribution >= 0.6 is 0 Å². The molecular formula is C23H38O3. The number of allylic oxidation sites excluding steroid dienone is 4.